The van der Waals surface area contributed by atoms with E-state index in [0.717, 1.165) is 59.9 Å². The lowest BCUT2D eigenvalue weighted by Crippen LogP contribution is -2.30. The van der Waals surface area contributed by atoms with Gasteiger partial charge in [0.25, 0.3) is 0 Å². The number of carbonyl (C=O) groups excluding carboxylic acids is 5. The molecule has 0 aliphatic heterocycles. The van der Waals surface area contributed by atoms with Crippen molar-refractivity contribution in [3.8, 4) is 11.1 Å². The number of aryl methyl sites for hydroxylation is 1. The molecule has 3 unspecified atom stereocenters. The van der Waals surface area contributed by atoms with Crippen LogP contribution in [0, 0.1) is 24.7 Å². The molecular formula is C39H54O5. The van der Waals surface area contributed by atoms with Crippen LogP contribution in [0.25, 0.3) is 11.1 Å². The van der Waals surface area contributed by atoms with E-state index in [1.54, 1.807) is 6.07 Å². The molecule has 0 aromatic heterocycles. The number of hydrogen-bond donors (Lipinski definition) is 0. The second-order valence-corrected chi connectivity index (χ2v) is 12.6. The summed E-state index contributed by atoms with van der Waals surface area (Å²) in [5.41, 5.74) is 5.21. The van der Waals surface area contributed by atoms with Gasteiger partial charge in [0.05, 0.1) is 6.42 Å². The summed E-state index contributed by atoms with van der Waals surface area (Å²) >= 11 is 0. The van der Waals surface area contributed by atoms with Crippen LogP contribution in [0.2, 0.25) is 0 Å². The molecule has 1 aliphatic rings. The molecule has 1 aliphatic carbocycles. The average molecular weight is 603 g/mol. The second kappa shape index (κ2) is 18.6. The van der Waals surface area contributed by atoms with E-state index in [1.165, 1.54) is 13.3 Å². The van der Waals surface area contributed by atoms with Crippen molar-refractivity contribution in [1.29, 1.82) is 0 Å². The van der Waals surface area contributed by atoms with E-state index in [1.807, 2.05) is 51.1 Å². The minimum Gasteiger partial charge on any atom is -0.300 e. The Labute approximate surface area is 265 Å². The lowest BCUT2D eigenvalue weighted by atomic mass is 9.71. The van der Waals surface area contributed by atoms with Crippen molar-refractivity contribution in [1.82, 2.24) is 0 Å². The first kappa shape index (κ1) is 37.0. The molecule has 0 N–H and O–H groups in total. The van der Waals surface area contributed by atoms with Crippen molar-refractivity contribution in [3.05, 3.63) is 58.7 Å². The van der Waals surface area contributed by atoms with Gasteiger partial charge in [-0.15, -0.1) is 0 Å². The summed E-state index contributed by atoms with van der Waals surface area (Å²) in [4.78, 5) is 63.1. The Morgan fingerprint density at radius 2 is 1.59 bits per heavy atom. The van der Waals surface area contributed by atoms with Crippen LogP contribution >= 0.6 is 0 Å². The van der Waals surface area contributed by atoms with Crippen molar-refractivity contribution < 1.29 is 24.0 Å². The Bertz CT molecular complexity index is 1300. The Balaban J connectivity index is 0.00000216. The molecule has 3 atom stereocenters. The van der Waals surface area contributed by atoms with E-state index in [-0.39, 0.29) is 65.9 Å². The number of hydrogen-bond acceptors (Lipinski definition) is 5. The molecular weight excluding hydrogens is 548 g/mol. The molecule has 0 spiro atoms. The van der Waals surface area contributed by atoms with E-state index >= 15 is 0 Å². The zero-order valence-electron chi connectivity index (χ0n) is 28.2. The fraction of sp³-hybridized carbons (Fsp3) is 0.564. The number of ketones is 5. The Morgan fingerprint density at radius 3 is 2.20 bits per heavy atom. The van der Waals surface area contributed by atoms with Crippen LogP contribution in [0.3, 0.4) is 0 Å². The Kier molecular flexibility index (Phi) is 15.6. The molecule has 5 heteroatoms. The van der Waals surface area contributed by atoms with Crippen LogP contribution in [-0.4, -0.2) is 28.9 Å². The van der Waals surface area contributed by atoms with Gasteiger partial charge in [0, 0.05) is 42.7 Å². The minimum atomic E-state index is -0.167. The van der Waals surface area contributed by atoms with Crippen molar-refractivity contribution in [3.63, 3.8) is 0 Å². The molecule has 0 amide bonds. The third kappa shape index (κ3) is 10.5. The van der Waals surface area contributed by atoms with Gasteiger partial charge in [0.2, 0.25) is 0 Å². The predicted octanol–water partition coefficient (Wildman–Crippen LogP) is 9.54. The molecule has 0 saturated carbocycles. The fourth-order valence-corrected chi connectivity index (χ4v) is 6.67. The Morgan fingerprint density at radius 1 is 0.886 bits per heavy atom. The third-order valence-corrected chi connectivity index (χ3v) is 8.56. The highest BCUT2D eigenvalue weighted by Crippen LogP contribution is 2.40. The second-order valence-electron chi connectivity index (χ2n) is 12.6. The molecule has 5 nitrogen and oxygen atoms in total. The summed E-state index contributed by atoms with van der Waals surface area (Å²) in [6.45, 7) is 13.8. The third-order valence-electron chi connectivity index (χ3n) is 8.56. The molecule has 0 radical (unpaired) electrons. The molecule has 0 fully saturated rings. The quantitative estimate of drug-likeness (QED) is 0.141. The van der Waals surface area contributed by atoms with Crippen molar-refractivity contribution in [2.75, 3.05) is 0 Å². The molecule has 2 aromatic carbocycles. The van der Waals surface area contributed by atoms with E-state index in [9.17, 15) is 24.0 Å². The van der Waals surface area contributed by atoms with Gasteiger partial charge in [-0.2, -0.15) is 0 Å². The fourth-order valence-electron chi connectivity index (χ4n) is 6.67. The first-order chi connectivity index (χ1) is 21.0. The smallest absolute Gasteiger partial charge is 0.163 e. The Hall–Kier alpha value is -3.21. The molecule has 3 rings (SSSR count). The molecule has 0 saturated heterocycles. The van der Waals surface area contributed by atoms with Gasteiger partial charge in [0.15, 0.2) is 11.6 Å². The van der Waals surface area contributed by atoms with E-state index in [4.69, 9.17) is 0 Å². The van der Waals surface area contributed by atoms with Gasteiger partial charge in [-0.1, -0.05) is 84.2 Å². The van der Waals surface area contributed by atoms with Crippen molar-refractivity contribution in [2.45, 2.75) is 126 Å². The molecule has 0 heterocycles. The van der Waals surface area contributed by atoms with Gasteiger partial charge in [0.1, 0.15) is 17.3 Å². The summed E-state index contributed by atoms with van der Waals surface area (Å²) in [5.74, 6) is 0.212. The first-order valence-electron chi connectivity index (χ1n) is 16.8. The maximum Gasteiger partial charge on any atom is 0.163 e. The summed E-state index contributed by atoms with van der Waals surface area (Å²) in [7, 11) is 0. The maximum atomic E-state index is 13.5. The number of fused-ring (bicyclic) bond motifs is 1. The summed E-state index contributed by atoms with van der Waals surface area (Å²) < 4.78 is 0. The van der Waals surface area contributed by atoms with Crippen LogP contribution in [0.5, 0.6) is 0 Å². The molecule has 44 heavy (non-hydrogen) atoms. The van der Waals surface area contributed by atoms with E-state index < -0.39 is 0 Å². The van der Waals surface area contributed by atoms with Crippen molar-refractivity contribution >= 4 is 28.9 Å². The SMILES string of the molecule is CCC.CCCC(=O)CCC(=O)c1cccc(-c2ccc(C)c3c2CC(CC(CCC)C(CC)C(=O)CC(C)=O)CC3=O)c1. The van der Waals surface area contributed by atoms with Gasteiger partial charge in [-0.05, 0) is 79.7 Å². The molecule has 2 aromatic rings. The van der Waals surface area contributed by atoms with Gasteiger partial charge >= 0.3 is 0 Å². The van der Waals surface area contributed by atoms with Crippen LogP contribution < -0.4 is 0 Å². The summed E-state index contributed by atoms with van der Waals surface area (Å²) in [5, 5.41) is 0. The number of benzene rings is 2. The van der Waals surface area contributed by atoms with E-state index in [0.29, 0.717) is 24.8 Å². The largest absolute Gasteiger partial charge is 0.300 e. The topological polar surface area (TPSA) is 85.3 Å². The van der Waals surface area contributed by atoms with Gasteiger partial charge < -0.3 is 0 Å². The van der Waals surface area contributed by atoms with Gasteiger partial charge in [-0.25, -0.2) is 0 Å². The van der Waals surface area contributed by atoms with E-state index in [2.05, 4.69) is 20.8 Å². The number of carbonyl (C=O) groups is 5. The monoisotopic (exact) mass is 602 g/mol. The van der Waals surface area contributed by atoms with Crippen LogP contribution in [0.4, 0.5) is 0 Å². The van der Waals surface area contributed by atoms with Crippen molar-refractivity contribution in [2.24, 2.45) is 17.8 Å². The lowest BCUT2D eigenvalue weighted by molar-refractivity contribution is -0.130. The molecule has 240 valence electrons. The zero-order valence-corrected chi connectivity index (χ0v) is 28.2. The standard InChI is InChI=1S/C36H46O5.C3H8/c1-6-10-26(30(8-3)34(40)18-24(5)37)19-25-20-32-31(16-14-23(4)36(32)35(41)21-25)27-12-9-13-28(22-27)33(39)17-15-29(38)11-7-2;1-3-2/h9,12-14,16,22,25-26,30H,6-8,10-11,15,17-21H2,1-5H3;3H2,1-2H3. The first-order valence-corrected chi connectivity index (χ1v) is 16.8. The number of Topliss-reactive ketones (excluding diaryl/α,β-unsaturated/α-hetero) is 5. The highest BCUT2D eigenvalue weighted by atomic mass is 16.2. The predicted molar refractivity (Wildman–Crippen MR) is 179 cm³/mol. The maximum absolute atomic E-state index is 13.5. The van der Waals surface area contributed by atoms with Crippen LogP contribution in [-0.2, 0) is 20.8 Å². The van der Waals surface area contributed by atoms with Crippen LogP contribution in [0.1, 0.15) is 144 Å². The van der Waals surface area contributed by atoms with Crippen LogP contribution in [0.15, 0.2) is 36.4 Å². The average Bonchev–Trinajstić information content (AvgIpc) is 2.96. The summed E-state index contributed by atoms with van der Waals surface area (Å²) in [6.07, 6.45) is 7.49. The number of rotatable bonds is 16. The summed E-state index contributed by atoms with van der Waals surface area (Å²) in [6, 6.07) is 11.6. The highest BCUT2D eigenvalue weighted by Gasteiger charge is 2.34. The highest BCUT2D eigenvalue weighted by molar-refractivity contribution is 6.03. The molecule has 0 bridgehead atoms. The minimum absolute atomic E-state index is 0.0175. The van der Waals surface area contributed by atoms with Gasteiger partial charge in [-0.3, -0.25) is 24.0 Å². The lowest BCUT2D eigenvalue weighted by Gasteiger charge is -2.32. The normalized spacial score (nSPS) is 15.4. The zero-order chi connectivity index (χ0) is 32.8.